The van der Waals surface area contributed by atoms with Crippen molar-refractivity contribution in [2.45, 2.75) is 51.1 Å². The first-order valence-electron chi connectivity index (χ1n) is 6.16. The summed E-state index contributed by atoms with van der Waals surface area (Å²) >= 11 is 6.20. The highest BCUT2D eigenvalue weighted by atomic mass is 35.5. The highest BCUT2D eigenvalue weighted by Crippen LogP contribution is 2.45. The van der Waals surface area contributed by atoms with Gasteiger partial charge in [0.05, 0.1) is 5.69 Å². The number of aryl methyl sites for hydroxylation is 1. The molecule has 1 fully saturated rings. The second-order valence-corrected chi connectivity index (χ2v) is 5.55. The zero-order chi connectivity index (χ0) is 11.3. The molecule has 4 heteroatoms. The molecule has 2 heterocycles. The molecule has 0 radical (unpaired) electrons. The van der Waals surface area contributed by atoms with Crippen molar-refractivity contribution in [3.05, 3.63) is 16.7 Å². The van der Waals surface area contributed by atoms with Gasteiger partial charge in [-0.1, -0.05) is 18.5 Å². The van der Waals surface area contributed by atoms with Crippen LogP contribution in [0.1, 0.15) is 37.7 Å². The van der Waals surface area contributed by atoms with Crippen molar-refractivity contribution < 1.29 is 0 Å². The molecule has 0 amide bonds. The topological polar surface area (TPSA) is 43.8 Å². The molecule has 0 saturated heterocycles. The van der Waals surface area contributed by atoms with Gasteiger partial charge in [-0.2, -0.15) is 0 Å². The molecule has 0 bridgehead atoms. The Morgan fingerprint density at radius 2 is 2.31 bits per heavy atom. The van der Waals surface area contributed by atoms with Crippen molar-refractivity contribution in [1.82, 2.24) is 9.55 Å². The number of imidazole rings is 1. The lowest BCUT2D eigenvalue weighted by Crippen LogP contribution is -2.37. The zero-order valence-electron chi connectivity index (χ0n) is 9.67. The van der Waals surface area contributed by atoms with Crippen LogP contribution in [0, 0.1) is 5.92 Å². The lowest BCUT2D eigenvalue weighted by atomic mass is 9.87. The molecular formula is C12H18ClN3. The number of rotatable bonds is 2. The van der Waals surface area contributed by atoms with Crippen LogP contribution in [0.3, 0.4) is 0 Å². The zero-order valence-corrected chi connectivity index (χ0v) is 10.4. The summed E-state index contributed by atoms with van der Waals surface area (Å²) in [5.74, 6) is 1.74. The first kappa shape index (κ1) is 10.6. The summed E-state index contributed by atoms with van der Waals surface area (Å²) in [5, 5.41) is 0.700. The third-order valence-corrected chi connectivity index (χ3v) is 4.50. The van der Waals surface area contributed by atoms with Crippen molar-refractivity contribution in [3.8, 4) is 0 Å². The lowest BCUT2D eigenvalue weighted by molar-refractivity contribution is 0.313. The molecule has 1 saturated carbocycles. The molecule has 3 rings (SSSR count). The Labute approximate surface area is 101 Å². The van der Waals surface area contributed by atoms with Crippen LogP contribution in [0.5, 0.6) is 0 Å². The minimum atomic E-state index is 0.116. The number of aromatic nitrogens is 2. The number of hydrogen-bond acceptors (Lipinski definition) is 2. The maximum Gasteiger partial charge on any atom is 0.150 e. The average Bonchev–Trinajstić information content (AvgIpc) is 2.96. The Morgan fingerprint density at radius 3 is 2.94 bits per heavy atom. The average molecular weight is 240 g/mol. The van der Waals surface area contributed by atoms with E-state index in [1.807, 2.05) is 0 Å². The van der Waals surface area contributed by atoms with Gasteiger partial charge in [-0.15, -0.1) is 0 Å². The van der Waals surface area contributed by atoms with E-state index in [1.165, 1.54) is 25.0 Å². The Hall–Kier alpha value is -0.540. The molecule has 0 aromatic carbocycles. The van der Waals surface area contributed by atoms with Gasteiger partial charge in [0.15, 0.2) is 5.15 Å². The highest BCUT2D eigenvalue weighted by molar-refractivity contribution is 6.30. The summed E-state index contributed by atoms with van der Waals surface area (Å²) in [4.78, 5) is 4.44. The summed E-state index contributed by atoms with van der Waals surface area (Å²) in [5.41, 5.74) is 7.63. The Kier molecular flexibility index (Phi) is 2.30. The molecule has 1 atom stereocenters. The maximum atomic E-state index is 6.30. The molecule has 1 aliphatic carbocycles. The van der Waals surface area contributed by atoms with Crippen molar-refractivity contribution in [2.75, 3.05) is 0 Å². The van der Waals surface area contributed by atoms with E-state index in [9.17, 15) is 0 Å². The van der Waals surface area contributed by atoms with E-state index in [0.717, 1.165) is 25.2 Å². The van der Waals surface area contributed by atoms with Crippen LogP contribution in [0.4, 0.5) is 0 Å². The third-order valence-electron chi connectivity index (χ3n) is 4.20. The van der Waals surface area contributed by atoms with Crippen LogP contribution in [0.25, 0.3) is 0 Å². The fraction of sp³-hybridized carbons (Fsp3) is 0.750. The normalized spacial score (nSPS) is 26.6. The number of nitrogens with zero attached hydrogens (tertiary/aromatic N) is 2. The fourth-order valence-electron chi connectivity index (χ4n) is 2.90. The van der Waals surface area contributed by atoms with E-state index in [2.05, 4.69) is 16.5 Å². The standard InChI is InChI=1S/C12H18ClN3/c1-2-10-15-11(13)9-7-8(3-6-16(9)10)12(14)4-5-12/h8H,2-7,14H2,1H3. The predicted octanol–water partition coefficient (Wildman–Crippen LogP) is 2.15. The van der Waals surface area contributed by atoms with Gasteiger partial charge in [-0.3, -0.25) is 0 Å². The largest absolute Gasteiger partial charge is 0.331 e. The fourth-order valence-corrected chi connectivity index (χ4v) is 3.17. The molecule has 1 aromatic rings. The molecule has 16 heavy (non-hydrogen) atoms. The second kappa shape index (κ2) is 3.47. The smallest absolute Gasteiger partial charge is 0.150 e. The van der Waals surface area contributed by atoms with Gasteiger partial charge in [0.2, 0.25) is 0 Å². The SMILES string of the molecule is CCc1nc(Cl)c2n1CCC(C1(N)CC1)C2. The molecule has 88 valence electrons. The molecule has 1 aliphatic heterocycles. The number of nitrogens with two attached hydrogens (primary N) is 1. The Morgan fingerprint density at radius 1 is 1.56 bits per heavy atom. The van der Waals surface area contributed by atoms with E-state index in [4.69, 9.17) is 17.3 Å². The number of fused-ring (bicyclic) bond motifs is 1. The molecule has 3 nitrogen and oxygen atoms in total. The van der Waals surface area contributed by atoms with E-state index in [0.29, 0.717) is 11.1 Å². The third kappa shape index (κ3) is 1.49. The van der Waals surface area contributed by atoms with E-state index >= 15 is 0 Å². The maximum absolute atomic E-state index is 6.30. The van der Waals surface area contributed by atoms with Gasteiger partial charge < -0.3 is 10.3 Å². The summed E-state index contributed by atoms with van der Waals surface area (Å²) in [6.07, 6.45) is 5.53. The van der Waals surface area contributed by atoms with Crippen LogP contribution in [-0.2, 0) is 19.4 Å². The van der Waals surface area contributed by atoms with Crippen LogP contribution in [0.15, 0.2) is 0 Å². The number of hydrogen-bond donors (Lipinski definition) is 1. The quantitative estimate of drug-likeness (QED) is 0.860. The van der Waals surface area contributed by atoms with Gasteiger partial charge in [0, 0.05) is 18.5 Å². The second-order valence-electron chi connectivity index (χ2n) is 5.19. The molecule has 1 aromatic heterocycles. The van der Waals surface area contributed by atoms with Gasteiger partial charge in [0.1, 0.15) is 5.82 Å². The van der Waals surface area contributed by atoms with Crippen molar-refractivity contribution in [2.24, 2.45) is 11.7 Å². The highest BCUT2D eigenvalue weighted by Gasteiger charge is 2.46. The molecule has 2 aliphatic rings. The van der Waals surface area contributed by atoms with Crippen LogP contribution < -0.4 is 5.73 Å². The van der Waals surface area contributed by atoms with Crippen molar-refractivity contribution in [1.29, 1.82) is 0 Å². The summed E-state index contributed by atoms with van der Waals surface area (Å²) < 4.78 is 2.30. The van der Waals surface area contributed by atoms with Gasteiger partial charge in [-0.05, 0) is 31.6 Å². The van der Waals surface area contributed by atoms with Crippen LogP contribution in [-0.4, -0.2) is 15.1 Å². The Bertz CT molecular complexity index is 420. The van der Waals surface area contributed by atoms with Gasteiger partial charge in [-0.25, -0.2) is 4.98 Å². The van der Waals surface area contributed by atoms with Crippen LogP contribution >= 0.6 is 11.6 Å². The predicted molar refractivity (Wildman–Crippen MR) is 64.6 cm³/mol. The molecule has 0 spiro atoms. The lowest BCUT2D eigenvalue weighted by Gasteiger charge is -2.29. The van der Waals surface area contributed by atoms with Crippen LogP contribution in [0.2, 0.25) is 5.15 Å². The van der Waals surface area contributed by atoms with E-state index in [1.54, 1.807) is 0 Å². The molecular weight excluding hydrogens is 222 g/mol. The summed E-state index contributed by atoms with van der Waals surface area (Å²) in [6, 6.07) is 0. The first-order chi connectivity index (χ1) is 7.64. The first-order valence-corrected chi connectivity index (χ1v) is 6.54. The van der Waals surface area contributed by atoms with Gasteiger partial charge in [0.25, 0.3) is 0 Å². The molecule has 1 unspecified atom stereocenters. The Balaban J connectivity index is 1.91. The van der Waals surface area contributed by atoms with E-state index in [-0.39, 0.29) is 5.54 Å². The van der Waals surface area contributed by atoms with Crippen molar-refractivity contribution >= 4 is 11.6 Å². The molecule has 2 N–H and O–H groups in total. The number of halogens is 1. The summed E-state index contributed by atoms with van der Waals surface area (Å²) in [7, 11) is 0. The monoisotopic (exact) mass is 239 g/mol. The minimum absolute atomic E-state index is 0.116. The van der Waals surface area contributed by atoms with Gasteiger partial charge >= 0.3 is 0 Å². The van der Waals surface area contributed by atoms with E-state index < -0.39 is 0 Å². The summed E-state index contributed by atoms with van der Waals surface area (Å²) in [6.45, 7) is 3.17. The minimum Gasteiger partial charge on any atom is -0.331 e. The van der Waals surface area contributed by atoms with Crippen molar-refractivity contribution in [3.63, 3.8) is 0 Å².